The Kier molecular flexibility index (Phi) is 8.79. The van der Waals surface area contributed by atoms with Crippen molar-refractivity contribution in [3.05, 3.63) is 59.7 Å². The van der Waals surface area contributed by atoms with E-state index in [1.807, 2.05) is 6.07 Å². The number of carboxylic acids is 1. The van der Waals surface area contributed by atoms with Crippen molar-refractivity contribution >= 4 is 29.2 Å². The minimum absolute atomic E-state index is 0.0128. The fourth-order valence-corrected chi connectivity index (χ4v) is 3.68. The van der Waals surface area contributed by atoms with E-state index >= 15 is 0 Å². The van der Waals surface area contributed by atoms with E-state index in [9.17, 15) is 19.5 Å². The van der Waals surface area contributed by atoms with Crippen LogP contribution >= 0.6 is 0 Å². The van der Waals surface area contributed by atoms with Crippen LogP contribution in [-0.4, -0.2) is 80.8 Å². The number of carboxylic acid groups (broad SMARTS) is 1. The molecule has 0 radical (unpaired) electrons. The van der Waals surface area contributed by atoms with Crippen molar-refractivity contribution < 1.29 is 24.2 Å². The minimum atomic E-state index is -1.06. The quantitative estimate of drug-likeness (QED) is 0.470. The topological polar surface area (TPSA) is 111 Å². The zero-order valence-electron chi connectivity index (χ0n) is 18.8. The summed E-state index contributed by atoms with van der Waals surface area (Å²) in [5.74, 6) is -1.37. The second kappa shape index (κ2) is 12.0. The van der Waals surface area contributed by atoms with E-state index in [-0.39, 0.29) is 17.4 Å². The van der Waals surface area contributed by atoms with Crippen molar-refractivity contribution in [2.45, 2.75) is 6.42 Å². The molecule has 0 aliphatic carbocycles. The van der Waals surface area contributed by atoms with E-state index < -0.39 is 5.97 Å². The first-order chi connectivity index (χ1) is 16.0. The van der Waals surface area contributed by atoms with Crippen molar-refractivity contribution in [2.75, 3.05) is 63.2 Å². The normalized spacial score (nSPS) is 14.0. The Hall–Kier alpha value is -3.43. The van der Waals surface area contributed by atoms with Crippen LogP contribution in [0.2, 0.25) is 0 Å². The summed E-state index contributed by atoms with van der Waals surface area (Å²) in [6.07, 6.45) is 0.778. The largest absolute Gasteiger partial charge is 0.478 e. The molecule has 3 N–H and O–H groups in total. The first-order valence-electron chi connectivity index (χ1n) is 10.9. The Labute approximate surface area is 193 Å². The smallest absolute Gasteiger partial charge is 0.335 e. The molecule has 2 aromatic rings. The molecule has 0 saturated carbocycles. The van der Waals surface area contributed by atoms with Gasteiger partial charge in [-0.2, -0.15) is 0 Å². The zero-order valence-corrected chi connectivity index (χ0v) is 18.8. The van der Waals surface area contributed by atoms with Gasteiger partial charge in [0.2, 0.25) is 5.91 Å². The van der Waals surface area contributed by atoms with Crippen molar-refractivity contribution in [1.82, 2.24) is 10.2 Å². The number of nitrogens with zero attached hydrogens (tertiary/aromatic N) is 2. The summed E-state index contributed by atoms with van der Waals surface area (Å²) in [7, 11) is 1.63. The summed E-state index contributed by atoms with van der Waals surface area (Å²) in [4.78, 5) is 40.5. The number of benzene rings is 2. The number of rotatable bonds is 10. The third kappa shape index (κ3) is 7.03. The van der Waals surface area contributed by atoms with Gasteiger partial charge in [-0.25, -0.2) is 4.79 Å². The molecule has 176 valence electrons. The molecule has 1 fully saturated rings. The SMILES string of the molecule is COCCCNC(=O)CN1CCN(c2ccc(C(=O)O)cc2NC(=O)c2ccccc2)CC1. The Bertz CT molecular complexity index is 959. The number of ether oxygens (including phenoxy) is 1. The maximum absolute atomic E-state index is 12.7. The molecule has 33 heavy (non-hydrogen) atoms. The highest BCUT2D eigenvalue weighted by molar-refractivity contribution is 6.06. The predicted molar refractivity (Wildman–Crippen MR) is 126 cm³/mol. The lowest BCUT2D eigenvalue weighted by Gasteiger charge is -2.36. The van der Waals surface area contributed by atoms with E-state index in [2.05, 4.69) is 20.4 Å². The summed E-state index contributed by atoms with van der Waals surface area (Å²) in [5, 5.41) is 15.2. The van der Waals surface area contributed by atoms with E-state index in [1.54, 1.807) is 37.4 Å². The molecule has 1 heterocycles. The molecule has 1 aliphatic heterocycles. The number of carbonyl (C=O) groups is 3. The number of aromatic carboxylic acids is 1. The van der Waals surface area contributed by atoms with Gasteiger partial charge in [0.25, 0.3) is 5.91 Å². The lowest BCUT2D eigenvalue weighted by Crippen LogP contribution is -2.49. The van der Waals surface area contributed by atoms with Crippen LogP contribution in [0.5, 0.6) is 0 Å². The second-order valence-corrected chi connectivity index (χ2v) is 7.82. The second-order valence-electron chi connectivity index (χ2n) is 7.82. The Morgan fingerprint density at radius 3 is 2.39 bits per heavy atom. The molecule has 2 amide bonds. The van der Waals surface area contributed by atoms with Crippen molar-refractivity contribution in [3.63, 3.8) is 0 Å². The van der Waals surface area contributed by atoms with E-state index in [4.69, 9.17) is 4.74 Å². The summed E-state index contributed by atoms with van der Waals surface area (Å²) in [5.41, 5.74) is 1.80. The highest BCUT2D eigenvalue weighted by Crippen LogP contribution is 2.29. The van der Waals surface area contributed by atoms with E-state index in [1.165, 1.54) is 12.1 Å². The van der Waals surface area contributed by atoms with Gasteiger partial charge in [0.1, 0.15) is 0 Å². The highest BCUT2D eigenvalue weighted by atomic mass is 16.5. The Morgan fingerprint density at radius 1 is 1.00 bits per heavy atom. The van der Waals surface area contributed by atoms with Gasteiger partial charge in [-0.3, -0.25) is 14.5 Å². The summed E-state index contributed by atoms with van der Waals surface area (Å²) >= 11 is 0. The lowest BCUT2D eigenvalue weighted by molar-refractivity contribution is -0.122. The van der Waals surface area contributed by atoms with Crippen LogP contribution in [0.3, 0.4) is 0 Å². The third-order valence-electron chi connectivity index (χ3n) is 5.46. The van der Waals surface area contributed by atoms with Gasteiger partial charge in [0.15, 0.2) is 0 Å². The Balaban J connectivity index is 1.63. The number of nitrogens with one attached hydrogen (secondary N) is 2. The number of piperazine rings is 1. The molecule has 0 atom stereocenters. The van der Waals surface area contributed by atoms with Crippen LogP contribution < -0.4 is 15.5 Å². The molecule has 1 saturated heterocycles. The van der Waals surface area contributed by atoms with E-state index in [0.717, 1.165) is 12.1 Å². The number of hydrogen-bond acceptors (Lipinski definition) is 6. The molecule has 9 nitrogen and oxygen atoms in total. The molecule has 0 spiro atoms. The average molecular weight is 455 g/mol. The fourth-order valence-electron chi connectivity index (χ4n) is 3.68. The highest BCUT2D eigenvalue weighted by Gasteiger charge is 2.22. The standard InChI is InChI=1S/C24H30N4O5/c1-33-15-5-10-25-22(29)17-27-11-13-28(14-12-27)21-9-8-19(24(31)32)16-20(21)26-23(30)18-6-3-2-4-7-18/h2-4,6-9,16H,5,10-15,17H2,1H3,(H,25,29)(H,26,30)(H,31,32). The van der Waals surface area contributed by atoms with Crippen LogP contribution in [0.4, 0.5) is 11.4 Å². The number of methoxy groups -OCH3 is 1. The van der Waals surface area contributed by atoms with Crippen molar-refractivity contribution in [1.29, 1.82) is 0 Å². The van der Waals surface area contributed by atoms with Crippen molar-refractivity contribution in [3.8, 4) is 0 Å². The van der Waals surface area contributed by atoms with Gasteiger partial charge in [0.05, 0.1) is 23.5 Å². The van der Waals surface area contributed by atoms with Gasteiger partial charge < -0.3 is 25.4 Å². The zero-order chi connectivity index (χ0) is 23.6. The maximum atomic E-state index is 12.7. The van der Waals surface area contributed by atoms with Gasteiger partial charge in [-0.15, -0.1) is 0 Å². The number of anilines is 2. The number of amides is 2. The third-order valence-corrected chi connectivity index (χ3v) is 5.46. The van der Waals surface area contributed by atoms with Crippen LogP contribution in [-0.2, 0) is 9.53 Å². The van der Waals surface area contributed by atoms with Gasteiger partial charge in [-0.1, -0.05) is 18.2 Å². The first-order valence-corrected chi connectivity index (χ1v) is 10.9. The Morgan fingerprint density at radius 2 is 1.73 bits per heavy atom. The fraction of sp³-hybridized carbons (Fsp3) is 0.375. The number of carbonyl (C=O) groups excluding carboxylic acids is 2. The predicted octanol–water partition coefficient (Wildman–Crippen LogP) is 1.91. The van der Waals surface area contributed by atoms with Crippen LogP contribution in [0.1, 0.15) is 27.1 Å². The van der Waals surface area contributed by atoms with Gasteiger partial charge >= 0.3 is 5.97 Å². The molecular weight excluding hydrogens is 424 g/mol. The summed E-state index contributed by atoms with van der Waals surface area (Å²) in [6.45, 7) is 4.19. The first kappa shape index (κ1) is 24.2. The van der Waals surface area contributed by atoms with Crippen LogP contribution in [0.25, 0.3) is 0 Å². The molecule has 0 unspecified atom stereocenters. The molecule has 0 bridgehead atoms. The van der Waals surface area contributed by atoms with E-state index in [0.29, 0.717) is 57.1 Å². The number of hydrogen-bond donors (Lipinski definition) is 3. The molecule has 3 rings (SSSR count). The minimum Gasteiger partial charge on any atom is -0.478 e. The molecular formula is C24H30N4O5. The van der Waals surface area contributed by atoms with Crippen LogP contribution in [0, 0.1) is 0 Å². The average Bonchev–Trinajstić information content (AvgIpc) is 2.83. The van der Waals surface area contributed by atoms with Crippen LogP contribution in [0.15, 0.2) is 48.5 Å². The molecule has 2 aromatic carbocycles. The van der Waals surface area contributed by atoms with Crippen molar-refractivity contribution in [2.24, 2.45) is 0 Å². The van der Waals surface area contributed by atoms with Gasteiger partial charge in [0, 0.05) is 52.0 Å². The summed E-state index contributed by atoms with van der Waals surface area (Å²) in [6, 6.07) is 13.5. The molecule has 9 heteroatoms. The summed E-state index contributed by atoms with van der Waals surface area (Å²) < 4.78 is 4.98. The van der Waals surface area contributed by atoms with Gasteiger partial charge in [-0.05, 0) is 36.8 Å². The lowest BCUT2D eigenvalue weighted by atomic mass is 10.1. The monoisotopic (exact) mass is 454 g/mol. The molecule has 1 aliphatic rings. The molecule has 0 aromatic heterocycles. The maximum Gasteiger partial charge on any atom is 0.335 e.